The summed E-state index contributed by atoms with van der Waals surface area (Å²) in [6.07, 6.45) is 9.73. The number of methoxy groups -OCH3 is 3. The molecule has 2 aromatic heterocycles. The zero-order chi connectivity index (χ0) is 38.6. The lowest BCUT2D eigenvalue weighted by molar-refractivity contribution is -0.120. The Labute approximate surface area is 319 Å². The van der Waals surface area contributed by atoms with E-state index in [1.165, 1.54) is 12.0 Å². The number of fused-ring (bicyclic) bond motifs is 1. The molecule has 3 fully saturated rings. The summed E-state index contributed by atoms with van der Waals surface area (Å²) in [5.74, 6) is 1.52. The summed E-state index contributed by atoms with van der Waals surface area (Å²) in [5.41, 5.74) is 3.64. The fraction of sp³-hybridized carbons (Fsp3) is 0.439. The second-order valence-electron chi connectivity index (χ2n) is 14.3. The van der Waals surface area contributed by atoms with Gasteiger partial charge in [-0.1, -0.05) is 0 Å². The molecule has 3 saturated heterocycles. The summed E-state index contributed by atoms with van der Waals surface area (Å²) in [4.78, 5) is 60.4. The molecule has 290 valence electrons. The van der Waals surface area contributed by atoms with Crippen molar-refractivity contribution in [3.05, 3.63) is 76.5 Å². The third-order valence-electron chi connectivity index (χ3n) is 11.0. The monoisotopic (exact) mass is 752 g/mol. The van der Waals surface area contributed by atoms with Gasteiger partial charge in [-0.3, -0.25) is 29.6 Å². The van der Waals surface area contributed by atoms with Gasteiger partial charge in [-0.25, -0.2) is 4.79 Å². The van der Waals surface area contributed by atoms with E-state index in [-0.39, 0.29) is 42.5 Å². The van der Waals surface area contributed by atoms with Gasteiger partial charge in [-0.15, -0.1) is 0 Å². The molecule has 0 spiro atoms. The molecule has 14 nitrogen and oxygen atoms in total. The molecule has 3 aliphatic heterocycles. The van der Waals surface area contributed by atoms with E-state index in [1.807, 2.05) is 29.3 Å². The molecule has 3 aliphatic rings. The first kappa shape index (κ1) is 37.8. The highest BCUT2D eigenvalue weighted by atomic mass is 16.5. The van der Waals surface area contributed by atoms with Crippen LogP contribution < -0.4 is 30.0 Å². The molecule has 7 rings (SSSR count). The van der Waals surface area contributed by atoms with Crippen molar-refractivity contribution in [1.29, 1.82) is 0 Å². The fourth-order valence-corrected chi connectivity index (χ4v) is 7.94. The predicted octanol–water partition coefficient (Wildman–Crippen LogP) is 4.40. The number of amides is 4. The molecule has 0 radical (unpaired) electrons. The van der Waals surface area contributed by atoms with Gasteiger partial charge in [0.05, 0.1) is 44.6 Å². The minimum absolute atomic E-state index is 0.0917. The maximum Gasteiger partial charge on any atom is 0.328 e. The molecule has 1 N–H and O–H groups in total. The first-order chi connectivity index (χ1) is 26.7. The molecule has 14 heteroatoms. The number of likely N-dealkylation sites (tertiary alicyclic amines) is 2. The lowest BCUT2D eigenvalue weighted by Gasteiger charge is -2.37. The smallest absolute Gasteiger partial charge is 0.328 e. The Kier molecular flexibility index (Phi) is 11.3. The normalized spacial score (nSPS) is 17.4. The van der Waals surface area contributed by atoms with Crippen molar-refractivity contribution in [1.82, 2.24) is 24.7 Å². The molecule has 0 saturated carbocycles. The van der Waals surface area contributed by atoms with E-state index in [2.05, 4.69) is 15.2 Å². The quantitative estimate of drug-likeness (QED) is 0.234. The number of aromatic nitrogens is 2. The average Bonchev–Trinajstić information content (AvgIpc) is 3.21. The van der Waals surface area contributed by atoms with Gasteiger partial charge in [0.2, 0.25) is 5.91 Å². The number of carbonyl (C=O) groups excluding carboxylic acids is 3. The largest absolute Gasteiger partial charge is 0.496 e. The van der Waals surface area contributed by atoms with Crippen LogP contribution in [0.15, 0.2) is 59.8 Å². The summed E-state index contributed by atoms with van der Waals surface area (Å²) < 4.78 is 25.4. The highest BCUT2D eigenvalue weighted by molar-refractivity contribution is 6.07. The van der Waals surface area contributed by atoms with Crippen LogP contribution in [0, 0.1) is 0 Å². The van der Waals surface area contributed by atoms with Gasteiger partial charge in [0, 0.05) is 88.0 Å². The molecule has 0 aliphatic carbocycles. The average molecular weight is 753 g/mol. The summed E-state index contributed by atoms with van der Waals surface area (Å²) in [6, 6.07) is 10.4. The number of nitrogens with one attached hydrogen (secondary N) is 1. The lowest BCUT2D eigenvalue weighted by Crippen LogP contribution is -2.49. The number of pyridine rings is 2. The van der Waals surface area contributed by atoms with E-state index in [1.54, 1.807) is 56.4 Å². The summed E-state index contributed by atoms with van der Waals surface area (Å²) in [7, 11) is 6.60. The van der Waals surface area contributed by atoms with Crippen molar-refractivity contribution in [3.63, 3.8) is 0 Å². The minimum atomic E-state index is -0.527. The van der Waals surface area contributed by atoms with Crippen LogP contribution in [0.2, 0.25) is 0 Å². The maximum absolute atomic E-state index is 13.5. The number of urea groups is 1. The number of nitrogens with zero attached hydrogens (tertiary/aromatic N) is 5. The maximum atomic E-state index is 13.5. The van der Waals surface area contributed by atoms with Crippen molar-refractivity contribution in [3.8, 4) is 28.4 Å². The summed E-state index contributed by atoms with van der Waals surface area (Å²) in [6.45, 7) is 4.08. The number of hydrogen-bond donors (Lipinski definition) is 1. The minimum Gasteiger partial charge on any atom is -0.496 e. The van der Waals surface area contributed by atoms with Crippen LogP contribution in [0.1, 0.15) is 48.0 Å². The van der Waals surface area contributed by atoms with Crippen molar-refractivity contribution in [2.24, 2.45) is 7.05 Å². The Balaban J connectivity index is 0.912. The Morgan fingerprint density at radius 2 is 1.51 bits per heavy atom. The molecule has 0 bridgehead atoms. The standard InChI is InChI=1S/C41H48N6O8/c1-44-25-33(30-7-14-42-24-32(30)40(44)50)27-22-36(53-3)31(37(23-27)54-4)12-17-45-15-8-28(9-16-45)55-29-10-18-46(19-11-29)39(49)26-5-6-35(52-2)34(21-26)47-20-13-38(48)43-41(47)51/h5-7,14,21-25,28-29H,8-13,15-20H2,1-4H3,(H,43,48,51). The van der Waals surface area contributed by atoms with Crippen LogP contribution in [-0.4, -0.2) is 110 Å². The Bertz CT molecular complexity index is 2110. The summed E-state index contributed by atoms with van der Waals surface area (Å²) in [5, 5.41) is 3.72. The van der Waals surface area contributed by atoms with E-state index >= 15 is 0 Å². The molecule has 55 heavy (non-hydrogen) atoms. The van der Waals surface area contributed by atoms with Crippen molar-refractivity contribution in [2.75, 3.05) is 65.5 Å². The Hall–Kier alpha value is -5.47. The predicted molar refractivity (Wildman–Crippen MR) is 207 cm³/mol. The van der Waals surface area contributed by atoms with E-state index in [9.17, 15) is 19.2 Å². The fourth-order valence-electron chi connectivity index (χ4n) is 7.94. The Morgan fingerprint density at radius 3 is 2.16 bits per heavy atom. The second kappa shape index (κ2) is 16.5. The van der Waals surface area contributed by atoms with Gasteiger partial charge >= 0.3 is 6.03 Å². The third-order valence-corrected chi connectivity index (χ3v) is 11.0. The Morgan fingerprint density at radius 1 is 0.836 bits per heavy atom. The molecule has 0 atom stereocenters. The van der Waals surface area contributed by atoms with E-state index < -0.39 is 6.03 Å². The van der Waals surface area contributed by atoms with E-state index in [0.29, 0.717) is 35.5 Å². The number of carbonyl (C=O) groups is 3. The molecule has 5 heterocycles. The molecule has 4 aromatic rings. The zero-order valence-corrected chi connectivity index (χ0v) is 31.8. The van der Waals surface area contributed by atoms with Crippen molar-refractivity contribution < 1.29 is 33.3 Å². The first-order valence-electron chi connectivity index (χ1n) is 18.8. The topological polar surface area (TPSA) is 145 Å². The number of benzene rings is 2. The van der Waals surface area contributed by atoms with E-state index in [0.717, 1.165) is 85.3 Å². The van der Waals surface area contributed by atoms with Crippen molar-refractivity contribution in [2.45, 2.75) is 50.7 Å². The number of anilines is 1. The first-order valence-corrected chi connectivity index (χ1v) is 18.8. The van der Waals surface area contributed by atoms with Crippen LogP contribution >= 0.6 is 0 Å². The van der Waals surface area contributed by atoms with Gasteiger partial charge in [-0.05, 0) is 79.5 Å². The summed E-state index contributed by atoms with van der Waals surface area (Å²) >= 11 is 0. The molecular formula is C41H48N6O8. The van der Waals surface area contributed by atoms with E-state index in [4.69, 9.17) is 18.9 Å². The van der Waals surface area contributed by atoms with Gasteiger partial charge in [0.15, 0.2) is 0 Å². The van der Waals surface area contributed by atoms with Crippen molar-refractivity contribution >= 4 is 34.3 Å². The highest BCUT2D eigenvalue weighted by Gasteiger charge is 2.31. The number of hydrogen-bond acceptors (Lipinski definition) is 10. The number of ether oxygens (including phenoxy) is 4. The number of imide groups is 1. The van der Waals surface area contributed by atoms with Gasteiger partial charge in [0.1, 0.15) is 17.2 Å². The zero-order valence-electron chi connectivity index (χ0n) is 31.8. The van der Waals surface area contributed by atoms with Crippen LogP contribution in [0.25, 0.3) is 21.9 Å². The van der Waals surface area contributed by atoms with Crippen LogP contribution in [0.5, 0.6) is 17.2 Å². The van der Waals surface area contributed by atoms with Gasteiger partial charge in [-0.2, -0.15) is 0 Å². The number of aryl methyl sites for hydroxylation is 1. The van der Waals surface area contributed by atoms with Crippen LogP contribution in [0.3, 0.4) is 0 Å². The number of piperidine rings is 2. The molecule has 2 aromatic carbocycles. The van der Waals surface area contributed by atoms with Crippen LogP contribution in [-0.2, 0) is 23.0 Å². The molecular weight excluding hydrogens is 704 g/mol. The molecule has 0 unspecified atom stereocenters. The van der Waals surface area contributed by atoms with Gasteiger partial charge in [0.25, 0.3) is 11.5 Å². The van der Waals surface area contributed by atoms with Crippen LogP contribution in [0.4, 0.5) is 10.5 Å². The number of rotatable bonds is 11. The SMILES string of the molecule is COc1ccc(C(=O)N2CCC(OC3CCN(CCc4c(OC)cc(-c5cn(C)c(=O)c6cnccc56)cc4OC)CC3)CC2)cc1N1CCC(=O)NC1=O. The highest BCUT2D eigenvalue weighted by Crippen LogP contribution is 2.38. The third kappa shape index (κ3) is 8.01. The van der Waals surface area contributed by atoms with Gasteiger partial charge < -0.3 is 33.3 Å². The molecule has 4 amide bonds. The second-order valence-corrected chi connectivity index (χ2v) is 14.3. The lowest BCUT2D eigenvalue weighted by atomic mass is 9.97.